The Morgan fingerprint density at radius 1 is 0.615 bits per heavy atom. The first-order valence-electron chi connectivity index (χ1n) is 8.99. The van der Waals surface area contributed by atoms with Gasteiger partial charge in [-0.1, -0.05) is 78.4 Å². The molecule has 0 fully saturated rings. The molecule has 3 aromatic rings. The summed E-state index contributed by atoms with van der Waals surface area (Å²) >= 11 is 0. The number of carbonyl (C=O) groups is 2. The molecule has 2 heteroatoms. The van der Waals surface area contributed by atoms with Crippen LogP contribution in [0.5, 0.6) is 0 Å². The smallest absolute Gasteiger partial charge is 0.171 e. The molecule has 2 aliphatic rings. The third kappa shape index (κ3) is 1.99. The van der Waals surface area contributed by atoms with E-state index in [-0.39, 0.29) is 29.3 Å². The summed E-state index contributed by atoms with van der Waals surface area (Å²) in [6, 6.07) is 23.5. The average Bonchev–Trinajstić information content (AvgIpc) is 2.68. The van der Waals surface area contributed by atoms with Gasteiger partial charge in [-0.2, -0.15) is 0 Å². The molecule has 0 aromatic heterocycles. The minimum Gasteiger partial charge on any atom is -0.293 e. The van der Waals surface area contributed by atoms with Crippen LogP contribution in [0.25, 0.3) is 0 Å². The summed E-state index contributed by atoms with van der Waals surface area (Å²) in [5.41, 5.74) is 5.39. The first-order valence-corrected chi connectivity index (χ1v) is 8.99. The van der Waals surface area contributed by atoms with Gasteiger partial charge in [-0.3, -0.25) is 9.59 Å². The molecule has 0 amide bonds. The van der Waals surface area contributed by atoms with Crippen LogP contribution in [0.3, 0.4) is 0 Å². The fourth-order valence-corrected chi connectivity index (χ4v) is 4.68. The molecule has 3 aromatic carbocycles. The van der Waals surface area contributed by atoms with Crippen LogP contribution in [0, 0.1) is 6.92 Å². The molecule has 2 nitrogen and oxygen atoms in total. The summed E-state index contributed by atoms with van der Waals surface area (Å²) in [7, 11) is 0. The summed E-state index contributed by atoms with van der Waals surface area (Å²) in [6.07, 6.45) is 0. The summed E-state index contributed by atoms with van der Waals surface area (Å²) in [4.78, 5) is 26.9. The Hall–Kier alpha value is -3.00. The molecule has 0 heterocycles. The Bertz CT molecular complexity index is 982. The predicted octanol–water partition coefficient (Wildman–Crippen LogP) is 5.04. The van der Waals surface area contributed by atoms with E-state index in [0.29, 0.717) is 11.1 Å². The number of hydrogen-bond acceptors (Lipinski definition) is 2. The molecule has 0 saturated carbocycles. The van der Waals surface area contributed by atoms with E-state index in [2.05, 4.69) is 24.3 Å². The van der Waals surface area contributed by atoms with E-state index in [1.54, 1.807) is 0 Å². The van der Waals surface area contributed by atoms with Crippen molar-refractivity contribution in [1.82, 2.24) is 0 Å². The first-order chi connectivity index (χ1) is 12.7. The number of Topliss-reactive ketones (excluding diaryl/α,β-unsaturated/α-hetero) is 2. The maximum absolute atomic E-state index is 13.4. The van der Waals surface area contributed by atoms with Crippen LogP contribution in [0.1, 0.15) is 60.7 Å². The third-order valence-corrected chi connectivity index (χ3v) is 5.87. The second-order valence-corrected chi connectivity index (χ2v) is 7.29. The molecule has 2 aliphatic carbocycles. The first kappa shape index (κ1) is 15.3. The van der Waals surface area contributed by atoms with Crippen LogP contribution >= 0.6 is 0 Å². The van der Waals surface area contributed by atoms with Gasteiger partial charge < -0.3 is 0 Å². The van der Waals surface area contributed by atoms with Crippen molar-refractivity contribution in [2.45, 2.75) is 24.7 Å². The summed E-state index contributed by atoms with van der Waals surface area (Å²) < 4.78 is 0. The molecule has 26 heavy (non-hydrogen) atoms. The van der Waals surface area contributed by atoms with Gasteiger partial charge in [-0.05, 0) is 23.6 Å². The molecule has 0 spiro atoms. The molecule has 2 bridgehead atoms. The van der Waals surface area contributed by atoms with Gasteiger partial charge in [0.25, 0.3) is 0 Å². The number of benzene rings is 3. The Kier molecular flexibility index (Phi) is 3.23. The second kappa shape index (κ2) is 5.50. The zero-order chi connectivity index (χ0) is 17.8. The molecule has 0 aliphatic heterocycles. The molecule has 126 valence electrons. The molecule has 2 atom stereocenters. The van der Waals surface area contributed by atoms with E-state index >= 15 is 0 Å². The zero-order valence-electron chi connectivity index (χ0n) is 14.5. The molecular weight excluding hydrogens is 320 g/mol. The number of fused-ring (bicyclic) bond motifs is 6. The monoisotopic (exact) mass is 338 g/mol. The van der Waals surface area contributed by atoms with Crippen LogP contribution in [0.15, 0.2) is 72.8 Å². The number of hydrogen-bond donors (Lipinski definition) is 0. The van der Waals surface area contributed by atoms with Gasteiger partial charge in [0.2, 0.25) is 0 Å². The van der Waals surface area contributed by atoms with Crippen molar-refractivity contribution in [3.63, 3.8) is 0 Å². The van der Waals surface area contributed by atoms with E-state index in [1.807, 2.05) is 55.5 Å². The molecular formula is C24H18O2. The van der Waals surface area contributed by atoms with Gasteiger partial charge in [-0.15, -0.1) is 0 Å². The Morgan fingerprint density at radius 2 is 1.08 bits per heavy atom. The molecule has 0 saturated heterocycles. The third-order valence-electron chi connectivity index (χ3n) is 5.87. The summed E-state index contributed by atoms with van der Waals surface area (Å²) in [5.74, 6) is -0.483. The van der Waals surface area contributed by atoms with E-state index in [4.69, 9.17) is 0 Å². The topological polar surface area (TPSA) is 34.1 Å². The highest BCUT2D eigenvalue weighted by Gasteiger charge is 2.51. The molecule has 5 rings (SSSR count). The zero-order valence-corrected chi connectivity index (χ0v) is 14.5. The van der Waals surface area contributed by atoms with Gasteiger partial charge in [0.1, 0.15) is 0 Å². The van der Waals surface area contributed by atoms with Crippen molar-refractivity contribution >= 4 is 11.6 Å². The SMILES string of the molecule is Cc1ccc(C2C3C(=O)c4ccccc4C2C(=O)c2ccccc23)cc1. The van der Waals surface area contributed by atoms with E-state index in [0.717, 1.165) is 16.7 Å². The van der Waals surface area contributed by atoms with Crippen molar-refractivity contribution in [2.24, 2.45) is 0 Å². The standard InChI is InChI=1S/C24H18O2/c1-14-10-12-15(13-11-14)20-21-16-6-2-4-8-18(16)23(25)22(20)17-7-3-5-9-19(17)24(21)26/h2-13,20-22H,1H3. The highest BCUT2D eigenvalue weighted by molar-refractivity contribution is 6.15. The molecule has 2 unspecified atom stereocenters. The quantitative estimate of drug-likeness (QED) is 0.623. The van der Waals surface area contributed by atoms with Crippen molar-refractivity contribution in [2.75, 3.05) is 0 Å². The minimum atomic E-state index is -0.300. The molecule has 0 radical (unpaired) electrons. The lowest BCUT2D eigenvalue weighted by atomic mass is 9.57. The van der Waals surface area contributed by atoms with E-state index in [9.17, 15) is 9.59 Å². The van der Waals surface area contributed by atoms with Crippen LogP contribution in [-0.4, -0.2) is 11.6 Å². The van der Waals surface area contributed by atoms with Gasteiger partial charge in [0.05, 0.1) is 11.8 Å². The normalized spacial score (nSPS) is 23.3. The van der Waals surface area contributed by atoms with Crippen LogP contribution in [0.4, 0.5) is 0 Å². The summed E-state index contributed by atoms with van der Waals surface area (Å²) in [5, 5.41) is 0. The highest BCUT2D eigenvalue weighted by Crippen LogP contribution is 2.55. The number of carbonyl (C=O) groups excluding carboxylic acids is 2. The molecule has 0 N–H and O–H groups in total. The Labute approximate surface area is 152 Å². The van der Waals surface area contributed by atoms with Gasteiger partial charge >= 0.3 is 0 Å². The lowest BCUT2D eigenvalue weighted by molar-refractivity contribution is 0.0852. The van der Waals surface area contributed by atoms with Crippen LogP contribution in [0.2, 0.25) is 0 Å². The maximum atomic E-state index is 13.4. The van der Waals surface area contributed by atoms with E-state index in [1.165, 1.54) is 5.56 Å². The largest absolute Gasteiger partial charge is 0.293 e. The number of ketones is 2. The fraction of sp³-hybridized carbons (Fsp3) is 0.167. The number of aryl methyl sites for hydroxylation is 1. The average molecular weight is 338 g/mol. The van der Waals surface area contributed by atoms with Crippen molar-refractivity contribution in [1.29, 1.82) is 0 Å². The Balaban J connectivity index is 1.82. The fourth-order valence-electron chi connectivity index (χ4n) is 4.68. The predicted molar refractivity (Wildman–Crippen MR) is 101 cm³/mol. The Morgan fingerprint density at radius 3 is 1.58 bits per heavy atom. The number of rotatable bonds is 1. The van der Waals surface area contributed by atoms with Crippen molar-refractivity contribution in [3.05, 3.63) is 106 Å². The van der Waals surface area contributed by atoms with E-state index < -0.39 is 0 Å². The maximum Gasteiger partial charge on any atom is 0.171 e. The lowest BCUT2D eigenvalue weighted by Gasteiger charge is -2.43. The van der Waals surface area contributed by atoms with Crippen molar-refractivity contribution < 1.29 is 9.59 Å². The van der Waals surface area contributed by atoms with Crippen molar-refractivity contribution in [3.8, 4) is 0 Å². The van der Waals surface area contributed by atoms with Crippen LogP contribution in [-0.2, 0) is 0 Å². The summed E-state index contributed by atoms with van der Waals surface area (Å²) in [6.45, 7) is 2.05. The lowest BCUT2D eigenvalue weighted by Crippen LogP contribution is -2.40. The minimum absolute atomic E-state index is 0.127. The van der Waals surface area contributed by atoms with Gasteiger partial charge in [0, 0.05) is 17.0 Å². The second-order valence-electron chi connectivity index (χ2n) is 7.29. The van der Waals surface area contributed by atoms with Gasteiger partial charge in [0.15, 0.2) is 11.6 Å². The highest BCUT2D eigenvalue weighted by atomic mass is 16.1. The van der Waals surface area contributed by atoms with Crippen LogP contribution < -0.4 is 0 Å². The van der Waals surface area contributed by atoms with Gasteiger partial charge in [-0.25, -0.2) is 0 Å².